The van der Waals surface area contributed by atoms with Crippen LogP contribution in [0.2, 0.25) is 0 Å². The first-order valence-corrected chi connectivity index (χ1v) is 11.8. The molecule has 31 heavy (non-hydrogen) atoms. The van der Waals surface area contributed by atoms with Crippen LogP contribution in [0.5, 0.6) is 0 Å². The lowest BCUT2D eigenvalue weighted by Crippen LogP contribution is -2.41. The summed E-state index contributed by atoms with van der Waals surface area (Å²) in [7, 11) is 0. The topological polar surface area (TPSA) is 49.8 Å². The van der Waals surface area contributed by atoms with Crippen LogP contribution in [0.15, 0.2) is 41.8 Å². The molecule has 0 spiro atoms. The Morgan fingerprint density at radius 1 is 1.13 bits per heavy atom. The zero-order valence-corrected chi connectivity index (χ0v) is 19.6. The van der Waals surface area contributed by atoms with Gasteiger partial charge in [-0.15, -0.1) is 11.3 Å². The summed E-state index contributed by atoms with van der Waals surface area (Å²) < 4.78 is 6.76. The van der Waals surface area contributed by atoms with E-state index in [1.807, 2.05) is 31.7 Å². The first-order valence-electron chi connectivity index (χ1n) is 10.9. The Bertz CT molecular complexity index is 1090. The summed E-state index contributed by atoms with van der Waals surface area (Å²) in [6.45, 7) is 9.42. The summed E-state index contributed by atoms with van der Waals surface area (Å²) in [5, 5.41) is 12.9. The van der Waals surface area contributed by atoms with Gasteiger partial charge in [0.25, 0.3) is 0 Å². The fourth-order valence-electron chi connectivity index (χ4n) is 4.35. The summed E-state index contributed by atoms with van der Waals surface area (Å²) in [5.74, 6) is 0.464. The van der Waals surface area contributed by atoms with Crippen molar-refractivity contribution in [1.82, 2.24) is 4.90 Å². The number of hydrogen-bond acceptors (Lipinski definition) is 4. The SMILES string of the molecule is Cc1cc(C2CCN(C(=O)OC(C)(C)C)CC2)ccc1-c1csc2ccc(CO)cc12. The maximum Gasteiger partial charge on any atom is 0.410 e. The maximum atomic E-state index is 12.3. The normalized spacial score (nSPS) is 15.5. The van der Waals surface area contributed by atoms with Crippen LogP contribution in [0.4, 0.5) is 4.79 Å². The smallest absolute Gasteiger partial charge is 0.410 e. The monoisotopic (exact) mass is 437 g/mol. The molecule has 0 aliphatic carbocycles. The highest BCUT2D eigenvalue weighted by atomic mass is 32.1. The van der Waals surface area contributed by atoms with Crippen molar-refractivity contribution in [2.24, 2.45) is 0 Å². The Labute approximate surface area is 188 Å². The third-order valence-corrected chi connectivity index (χ3v) is 6.94. The van der Waals surface area contributed by atoms with Gasteiger partial charge in [0.2, 0.25) is 0 Å². The van der Waals surface area contributed by atoms with E-state index < -0.39 is 5.60 Å². The van der Waals surface area contributed by atoms with Gasteiger partial charge in [-0.1, -0.05) is 24.3 Å². The Morgan fingerprint density at radius 3 is 2.52 bits per heavy atom. The van der Waals surface area contributed by atoms with Crippen LogP contribution >= 0.6 is 11.3 Å². The van der Waals surface area contributed by atoms with Crippen LogP contribution in [-0.4, -0.2) is 34.8 Å². The average Bonchev–Trinajstić information content (AvgIpc) is 3.15. The predicted molar refractivity (Wildman–Crippen MR) is 128 cm³/mol. The summed E-state index contributed by atoms with van der Waals surface area (Å²) in [6.07, 6.45) is 1.71. The largest absolute Gasteiger partial charge is 0.444 e. The van der Waals surface area contributed by atoms with E-state index >= 15 is 0 Å². The van der Waals surface area contributed by atoms with Crippen molar-refractivity contribution in [3.8, 4) is 11.1 Å². The van der Waals surface area contributed by atoms with E-state index in [4.69, 9.17) is 4.74 Å². The lowest BCUT2D eigenvalue weighted by Gasteiger charge is -2.33. The van der Waals surface area contributed by atoms with Gasteiger partial charge in [-0.25, -0.2) is 4.79 Å². The van der Waals surface area contributed by atoms with Crippen LogP contribution in [0.1, 0.15) is 56.2 Å². The lowest BCUT2D eigenvalue weighted by molar-refractivity contribution is 0.0205. The number of rotatable bonds is 3. The highest BCUT2D eigenvalue weighted by Crippen LogP contribution is 2.38. The number of likely N-dealkylation sites (tertiary alicyclic amines) is 1. The van der Waals surface area contributed by atoms with Crippen LogP contribution < -0.4 is 0 Å². The Hall–Kier alpha value is -2.37. The van der Waals surface area contributed by atoms with Gasteiger partial charge >= 0.3 is 6.09 Å². The molecule has 1 fully saturated rings. The molecule has 3 aromatic rings. The van der Waals surface area contributed by atoms with Gasteiger partial charge < -0.3 is 14.7 Å². The number of benzene rings is 2. The third kappa shape index (κ3) is 4.78. The van der Waals surface area contributed by atoms with Gasteiger partial charge in [-0.05, 0) is 86.2 Å². The van der Waals surface area contributed by atoms with Crippen LogP contribution in [0, 0.1) is 6.92 Å². The molecular weight excluding hydrogens is 406 g/mol. The van der Waals surface area contributed by atoms with Crippen LogP contribution in [-0.2, 0) is 11.3 Å². The fourth-order valence-corrected chi connectivity index (χ4v) is 5.29. The first kappa shape index (κ1) is 21.8. The number of fused-ring (bicyclic) bond motifs is 1. The van der Waals surface area contributed by atoms with Crippen molar-refractivity contribution < 1.29 is 14.6 Å². The number of amides is 1. The average molecular weight is 438 g/mol. The number of ether oxygens (including phenoxy) is 1. The van der Waals surface area contributed by atoms with Crippen molar-refractivity contribution in [3.05, 3.63) is 58.5 Å². The Morgan fingerprint density at radius 2 is 1.87 bits per heavy atom. The Kier molecular flexibility index (Phi) is 6.09. The van der Waals surface area contributed by atoms with E-state index in [2.05, 4.69) is 42.6 Å². The molecule has 4 rings (SSSR count). The number of aliphatic hydroxyl groups excluding tert-OH is 1. The molecule has 1 amide bonds. The van der Waals surface area contributed by atoms with E-state index in [1.54, 1.807) is 11.3 Å². The summed E-state index contributed by atoms with van der Waals surface area (Å²) in [6, 6.07) is 13.0. The molecule has 0 saturated carbocycles. The highest BCUT2D eigenvalue weighted by molar-refractivity contribution is 7.17. The molecular formula is C26H31NO3S. The van der Waals surface area contributed by atoms with Gasteiger partial charge in [-0.2, -0.15) is 0 Å². The maximum absolute atomic E-state index is 12.3. The Balaban J connectivity index is 1.50. The molecule has 1 aliphatic heterocycles. The second-order valence-electron chi connectivity index (χ2n) is 9.45. The molecule has 164 valence electrons. The van der Waals surface area contributed by atoms with Crippen molar-refractivity contribution in [2.75, 3.05) is 13.1 Å². The minimum Gasteiger partial charge on any atom is -0.444 e. The number of aliphatic hydroxyl groups is 1. The minimum atomic E-state index is -0.454. The predicted octanol–water partition coefficient (Wildman–Crippen LogP) is 6.48. The molecule has 5 heteroatoms. The summed E-state index contributed by atoms with van der Waals surface area (Å²) in [5.41, 5.74) is 5.58. The highest BCUT2D eigenvalue weighted by Gasteiger charge is 2.27. The number of thiophene rings is 1. The van der Waals surface area contributed by atoms with E-state index in [9.17, 15) is 9.90 Å². The first-order chi connectivity index (χ1) is 14.7. The molecule has 2 heterocycles. The third-order valence-electron chi connectivity index (χ3n) is 5.98. The zero-order valence-electron chi connectivity index (χ0n) is 18.8. The summed E-state index contributed by atoms with van der Waals surface area (Å²) >= 11 is 1.74. The van der Waals surface area contributed by atoms with E-state index in [0.29, 0.717) is 5.92 Å². The van der Waals surface area contributed by atoms with Crippen molar-refractivity contribution >= 4 is 27.5 Å². The van der Waals surface area contributed by atoms with E-state index in [1.165, 1.54) is 32.3 Å². The van der Waals surface area contributed by atoms with Crippen LogP contribution in [0.3, 0.4) is 0 Å². The van der Waals surface area contributed by atoms with Gasteiger partial charge in [0, 0.05) is 28.7 Å². The minimum absolute atomic E-state index is 0.0607. The molecule has 0 atom stereocenters. The molecule has 2 aromatic carbocycles. The van der Waals surface area contributed by atoms with Gasteiger partial charge in [0.1, 0.15) is 5.60 Å². The van der Waals surface area contributed by atoms with E-state index in [-0.39, 0.29) is 12.7 Å². The molecule has 0 radical (unpaired) electrons. The molecule has 1 aromatic heterocycles. The van der Waals surface area contributed by atoms with Gasteiger partial charge in [-0.3, -0.25) is 0 Å². The fraction of sp³-hybridized carbons (Fsp3) is 0.423. The second-order valence-corrected chi connectivity index (χ2v) is 10.4. The number of hydrogen-bond donors (Lipinski definition) is 1. The van der Waals surface area contributed by atoms with E-state index in [0.717, 1.165) is 31.5 Å². The molecule has 1 saturated heterocycles. The molecule has 0 unspecified atom stereocenters. The summed E-state index contributed by atoms with van der Waals surface area (Å²) in [4.78, 5) is 14.2. The number of carbonyl (C=O) groups is 1. The molecule has 0 bridgehead atoms. The molecule has 1 aliphatic rings. The number of carbonyl (C=O) groups excluding carboxylic acids is 1. The van der Waals surface area contributed by atoms with Crippen molar-refractivity contribution in [3.63, 3.8) is 0 Å². The van der Waals surface area contributed by atoms with Crippen molar-refractivity contribution in [1.29, 1.82) is 0 Å². The molecule has 1 N–H and O–H groups in total. The van der Waals surface area contributed by atoms with Gasteiger partial charge in [0.15, 0.2) is 0 Å². The lowest BCUT2D eigenvalue weighted by atomic mass is 9.87. The van der Waals surface area contributed by atoms with Crippen molar-refractivity contribution in [2.45, 2.75) is 58.7 Å². The number of nitrogens with zero attached hydrogens (tertiary/aromatic N) is 1. The number of aryl methyl sites for hydroxylation is 1. The second kappa shape index (κ2) is 8.64. The standard InChI is InChI=1S/C26H31NO3S/c1-17-13-20(19-9-11-27(12-10-19)25(29)30-26(2,3)4)6-7-21(17)23-16-31-24-8-5-18(15-28)14-22(23)24/h5-8,13-14,16,19,28H,9-12,15H2,1-4H3. The molecule has 4 nitrogen and oxygen atoms in total. The number of piperidine rings is 1. The van der Waals surface area contributed by atoms with Gasteiger partial charge in [0.05, 0.1) is 6.61 Å². The quantitative estimate of drug-likeness (QED) is 0.510. The zero-order chi connectivity index (χ0) is 22.2. The van der Waals surface area contributed by atoms with Crippen LogP contribution in [0.25, 0.3) is 21.2 Å².